The third-order valence-electron chi connectivity index (χ3n) is 6.11. The highest BCUT2D eigenvalue weighted by Gasteiger charge is 2.22. The number of amides is 2. The van der Waals surface area contributed by atoms with Gasteiger partial charge in [0.25, 0.3) is 0 Å². The van der Waals surface area contributed by atoms with Crippen LogP contribution < -0.4 is 15.0 Å². The number of rotatable bonds is 5. The molecule has 1 aliphatic heterocycles. The van der Waals surface area contributed by atoms with Gasteiger partial charge in [0, 0.05) is 53.8 Å². The first kappa shape index (κ1) is 26.0. The highest BCUT2D eigenvalue weighted by molar-refractivity contribution is 6.32. The van der Waals surface area contributed by atoms with Crippen molar-refractivity contribution in [2.24, 2.45) is 4.99 Å². The molecular formula is C29H29ClN4O3. The summed E-state index contributed by atoms with van der Waals surface area (Å²) in [6.45, 7) is 2.32. The first-order valence-corrected chi connectivity index (χ1v) is 12.3. The number of hydrogen-bond acceptors (Lipinski definition) is 4. The number of carbonyl (C=O) groups is 2. The molecule has 0 atom stereocenters. The molecule has 4 aromatic rings. The Morgan fingerprint density at radius 2 is 1.92 bits per heavy atom. The molecule has 5 rings (SSSR count). The number of benzodiazepines with no additional fused rings is 1. The molecule has 0 unspecified atom stereocenters. The topological polar surface area (TPSA) is 86.8 Å². The van der Waals surface area contributed by atoms with Crippen LogP contribution in [0.3, 0.4) is 0 Å². The van der Waals surface area contributed by atoms with Crippen LogP contribution in [0.1, 0.15) is 23.6 Å². The van der Waals surface area contributed by atoms with E-state index in [2.05, 4.69) is 15.3 Å². The molecule has 3 aromatic carbocycles. The fraction of sp³-hybridized carbons (Fsp3) is 0.207. The van der Waals surface area contributed by atoms with Crippen molar-refractivity contribution >= 4 is 45.7 Å². The van der Waals surface area contributed by atoms with Crippen molar-refractivity contribution in [2.75, 3.05) is 32.1 Å². The molecule has 2 heterocycles. The maximum atomic E-state index is 12.0. The summed E-state index contributed by atoms with van der Waals surface area (Å²) in [7, 11) is 3.42. The first-order chi connectivity index (χ1) is 17.9. The average Bonchev–Trinajstić information content (AvgIpc) is 3.26. The molecule has 0 fully saturated rings. The molecule has 0 radical (unpaired) electrons. The van der Waals surface area contributed by atoms with E-state index >= 15 is 0 Å². The Morgan fingerprint density at radius 1 is 1.14 bits per heavy atom. The number of aromatic nitrogens is 1. The predicted octanol–water partition coefficient (Wildman–Crippen LogP) is 5.01. The summed E-state index contributed by atoms with van der Waals surface area (Å²) < 4.78 is 5.21. The summed E-state index contributed by atoms with van der Waals surface area (Å²) in [6, 6.07) is 21.3. The van der Waals surface area contributed by atoms with Crippen LogP contribution in [0, 0.1) is 0 Å². The van der Waals surface area contributed by atoms with Crippen LogP contribution in [-0.4, -0.2) is 49.8 Å². The number of methoxy groups -OCH3 is 1. The molecule has 2 N–H and O–H groups in total. The van der Waals surface area contributed by atoms with E-state index in [0.717, 1.165) is 45.6 Å². The number of carbonyl (C=O) groups excluding carboxylic acids is 2. The largest absolute Gasteiger partial charge is 0.497 e. The van der Waals surface area contributed by atoms with Crippen LogP contribution in [0.2, 0.25) is 5.02 Å². The van der Waals surface area contributed by atoms with Crippen LogP contribution >= 0.6 is 11.6 Å². The van der Waals surface area contributed by atoms with Gasteiger partial charge < -0.3 is 19.9 Å². The Kier molecular flexibility index (Phi) is 8.25. The van der Waals surface area contributed by atoms with Gasteiger partial charge in [0.15, 0.2) is 0 Å². The van der Waals surface area contributed by atoms with Crippen molar-refractivity contribution in [1.82, 2.24) is 10.3 Å². The minimum Gasteiger partial charge on any atom is -0.497 e. The maximum absolute atomic E-state index is 12.0. The summed E-state index contributed by atoms with van der Waals surface area (Å²) in [4.78, 5) is 32.1. The monoisotopic (exact) mass is 516 g/mol. The molecule has 0 saturated heterocycles. The molecule has 1 aliphatic rings. The average molecular weight is 517 g/mol. The van der Waals surface area contributed by atoms with Crippen molar-refractivity contribution in [3.05, 3.63) is 94.6 Å². The molecule has 1 aromatic heterocycles. The van der Waals surface area contributed by atoms with E-state index in [4.69, 9.17) is 16.3 Å². The summed E-state index contributed by atoms with van der Waals surface area (Å²) in [5.74, 6) is 0.819. The minimum absolute atomic E-state index is 0.00224. The SMILES string of the molecule is CN1C(=O)CN=C(c2ccccc2)c2cc(Cl)ccc21.COc1ccc2[nH]cc(CCNC(C)=O)c2c1. The van der Waals surface area contributed by atoms with Crippen molar-refractivity contribution in [2.45, 2.75) is 13.3 Å². The van der Waals surface area contributed by atoms with Crippen molar-refractivity contribution in [1.29, 1.82) is 0 Å². The van der Waals surface area contributed by atoms with Crippen molar-refractivity contribution < 1.29 is 14.3 Å². The smallest absolute Gasteiger partial charge is 0.248 e. The molecule has 190 valence electrons. The van der Waals surface area contributed by atoms with E-state index in [9.17, 15) is 9.59 Å². The molecule has 0 spiro atoms. The van der Waals surface area contributed by atoms with Crippen LogP contribution in [0.5, 0.6) is 5.75 Å². The van der Waals surface area contributed by atoms with Gasteiger partial charge in [0.1, 0.15) is 12.3 Å². The predicted molar refractivity (Wildman–Crippen MR) is 149 cm³/mol. The van der Waals surface area contributed by atoms with E-state index in [0.29, 0.717) is 11.6 Å². The number of nitrogens with zero attached hydrogens (tertiary/aromatic N) is 2. The van der Waals surface area contributed by atoms with Gasteiger partial charge in [0.05, 0.1) is 18.5 Å². The Bertz CT molecular complexity index is 1450. The number of benzene rings is 3. The number of aromatic amines is 1. The Morgan fingerprint density at radius 3 is 2.65 bits per heavy atom. The van der Waals surface area contributed by atoms with Crippen molar-refractivity contribution in [3.63, 3.8) is 0 Å². The fourth-order valence-electron chi connectivity index (χ4n) is 4.17. The Labute approximate surface area is 221 Å². The van der Waals surface area contributed by atoms with E-state index in [1.807, 2.05) is 66.9 Å². The number of nitrogens with one attached hydrogen (secondary N) is 2. The van der Waals surface area contributed by atoms with Gasteiger partial charge in [-0.25, -0.2) is 0 Å². The van der Waals surface area contributed by atoms with Gasteiger partial charge in [-0.1, -0.05) is 41.9 Å². The van der Waals surface area contributed by atoms with Gasteiger partial charge in [0.2, 0.25) is 11.8 Å². The quantitative estimate of drug-likeness (QED) is 0.391. The summed E-state index contributed by atoms with van der Waals surface area (Å²) >= 11 is 6.11. The first-order valence-electron chi connectivity index (χ1n) is 11.9. The second-order valence-electron chi connectivity index (χ2n) is 8.60. The molecule has 0 saturated carbocycles. The van der Waals surface area contributed by atoms with E-state index in [1.165, 1.54) is 12.5 Å². The number of ether oxygens (including phenoxy) is 1. The minimum atomic E-state index is -0.0282. The third kappa shape index (κ3) is 6.19. The highest BCUT2D eigenvalue weighted by atomic mass is 35.5. The number of anilines is 1. The van der Waals surface area contributed by atoms with Crippen LogP contribution in [0.25, 0.3) is 10.9 Å². The molecule has 37 heavy (non-hydrogen) atoms. The lowest BCUT2D eigenvalue weighted by molar-refractivity contribution is -0.119. The summed E-state index contributed by atoms with van der Waals surface area (Å²) in [6.07, 6.45) is 2.79. The Balaban J connectivity index is 0.000000176. The standard InChI is InChI=1S/C16H13ClN2O.C13H16N2O2/c1-19-14-8-7-12(17)9-13(14)16(18-10-15(19)20)11-5-3-2-4-6-11;1-9(16)14-6-5-10-8-15-13-4-3-11(17-2)7-12(10)13/h2-9H,10H2,1H3;3-4,7-8,15H,5-6H2,1-2H3,(H,14,16). The van der Waals surface area contributed by atoms with E-state index in [1.54, 1.807) is 25.1 Å². The lowest BCUT2D eigenvalue weighted by atomic mass is 10.0. The zero-order valence-corrected chi connectivity index (χ0v) is 21.8. The third-order valence-corrected chi connectivity index (χ3v) is 6.35. The van der Waals surface area contributed by atoms with Gasteiger partial charge in [-0.05, 0) is 48.4 Å². The Hall–Kier alpha value is -4.10. The van der Waals surface area contributed by atoms with Gasteiger partial charge >= 0.3 is 0 Å². The maximum Gasteiger partial charge on any atom is 0.248 e. The van der Waals surface area contributed by atoms with Gasteiger partial charge in [-0.3, -0.25) is 14.6 Å². The van der Waals surface area contributed by atoms with Crippen LogP contribution in [0.15, 0.2) is 77.9 Å². The lowest BCUT2D eigenvalue weighted by Crippen LogP contribution is -2.27. The number of H-pyrrole nitrogens is 1. The molecule has 2 amide bonds. The molecule has 8 heteroatoms. The second-order valence-corrected chi connectivity index (χ2v) is 9.04. The number of likely N-dealkylation sites (N-methyl/N-ethyl adjacent to an activating group) is 1. The fourth-order valence-corrected chi connectivity index (χ4v) is 4.34. The number of halogens is 1. The molecule has 7 nitrogen and oxygen atoms in total. The zero-order chi connectivity index (χ0) is 26.4. The zero-order valence-electron chi connectivity index (χ0n) is 21.0. The van der Waals surface area contributed by atoms with Gasteiger partial charge in [-0.2, -0.15) is 0 Å². The van der Waals surface area contributed by atoms with Crippen LogP contribution in [-0.2, 0) is 16.0 Å². The normalized spacial score (nSPS) is 12.7. The number of aliphatic imine (C=N–C) groups is 1. The second kappa shape index (κ2) is 11.8. The molecule has 0 bridgehead atoms. The van der Waals surface area contributed by atoms with Gasteiger partial charge in [-0.15, -0.1) is 0 Å². The van der Waals surface area contributed by atoms with E-state index < -0.39 is 0 Å². The summed E-state index contributed by atoms with van der Waals surface area (Å²) in [5, 5.41) is 4.58. The molecular weight excluding hydrogens is 488 g/mol. The summed E-state index contributed by atoms with van der Waals surface area (Å²) in [5.41, 5.74) is 5.78. The van der Waals surface area contributed by atoms with E-state index in [-0.39, 0.29) is 18.4 Å². The number of hydrogen-bond donors (Lipinski definition) is 2. The highest BCUT2D eigenvalue weighted by Crippen LogP contribution is 2.28. The molecule has 0 aliphatic carbocycles. The van der Waals surface area contributed by atoms with Crippen LogP contribution in [0.4, 0.5) is 5.69 Å². The lowest BCUT2D eigenvalue weighted by Gasteiger charge is -2.18. The van der Waals surface area contributed by atoms with Crippen molar-refractivity contribution in [3.8, 4) is 5.75 Å². The number of fused-ring (bicyclic) bond motifs is 2.